The Kier molecular flexibility index (Phi) is 5.60. The van der Waals surface area contributed by atoms with Crippen LogP contribution in [0.4, 0.5) is 4.79 Å². The highest BCUT2D eigenvalue weighted by Gasteiger charge is 2.49. The van der Waals surface area contributed by atoms with Crippen molar-refractivity contribution in [1.29, 1.82) is 0 Å². The van der Waals surface area contributed by atoms with E-state index in [0.717, 1.165) is 49.1 Å². The van der Waals surface area contributed by atoms with E-state index in [-0.39, 0.29) is 17.5 Å². The molecule has 5 rings (SSSR count). The summed E-state index contributed by atoms with van der Waals surface area (Å²) in [5, 5.41) is 10.2. The van der Waals surface area contributed by atoms with Crippen LogP contribution < -0.4 is 5.32 Å². The van der Waals surface area contributed by atoms with Gasteiger partial charge in [-0.25, -0.2) is 9.80 Å². The van der Waals surface area contributed by atoms with Crippen LogP contribution in [0.25, 0.3) is 0 Å². The maximum absolute atomic E-state index is 13.6. The van der Waals surface area contributed by atoms with Gasteiger partial charge in [0.25, 0.3) is 0 Å². The van der Waals surface area contributed by atoms with Crippen LogP contribution in [-0.4, -0.2) is 28.3 Å². The van der Waals surface area contributed by atoms with Gasteiger partial charge in [-0.15, -0.1) is 0 Å². The number of unbranched alkanes of at least 4 members (excludes halogenated alkanes) is 1. The average Bonchev–Trinajstić information content (AvgIpc) is 3.16. The molecule has 168 valence electrons. The molecule has 3 bridgehead atoms. The van der Waals surface area contributed by atoms with E-state index in [0.29, 0.717) is 12.0 Å². The second kappa shape index (κ2) is 8.26. The molecule has 3 fully saturated rings. The van der Waals surface area contributed by atoms with Gasteiger partial charge in [0.05, 0.1) is 5.54 Å². The van der Waals surface area contributed by atoms with E-state index in [1.165, 1.54) is 37.7 Å². The summed E-state index contributed by atoms with van der Waals surface area (Å²) < 4.78 is 0. The van der Waals surface area contributed by atoms with Gasteiger partial charge in [-0.3, -0.25) is 0 Å². The van der Waals surface area contributed by atoms with Crippen molar-refractivity contribution >= 4 is 11.7 Å². The molecule has 1 aromatic carbocycles. The molecular weight excluding hydrogens is 382 g/mol. The molecule has 0 saturated heterocycles. The third-order valence-corrected chi connectivity index (χ3v) is 8.83. The van der Waals surface area contributed by atoms with Gasteiger partial charge >= 0.3 is 6.03 Å². The summed E-state index contributed by atoms with van der Waals surface area (Å²) in [6.07, 6.45) is 11.2. The molecule has 0 aromatic heterocycles. The number of urea groups is 1. The Balaban J connectivity index is 1.36. The first-order chi connectivity index (χ1) is 15.0. The topological polar surface area (TPSA) is 44.7 Å². The molecule has 31 heavy (non-hydrogen) atoms. The molecule has 1 aromatic rings. The van der Waals surface area contributed by atoms with E-state index in [4.69, 9.17) is 5.10 Å². The van der Waals surface area contributed by atoms with Gasteiger partial charge in [0.2, 0.25) is 0 Å². The molecule has 0 spiro atoms. The number of carbonyl (C=O) groups excluding carboxylic acids is 1. The van der Waals surface area contributed by atoms with Gasteiger partial charge in [0.15, 0.2) is 0 Å². The Morgan fingerprint density at radius 3 is 2.58 bits per heavy atom. The maximum Gasteiger partial charge on any atom is 0.338 e. The monoisotopic (exact) mass is 421 g/mol. The summed E-state index contributed by atoms with van der Waals surface area (Å²) in [4.78, 5) is 13.6. The fourth-order valence-electron chi connectivity index (χ4n) is 7.40. The molecule has 3 aliphatic carbocycles. The Morgan fingerprint density at radius 2 is 1.81 bits per heavy atom. The van der Waals surface area contributed by atoms with Gasteiger partial charge < -0.3 is 5.32 Å². The predicted octanol–water partition coefficient (Wildman–Crippen LogP) is 6.34. The zero-order chi connectivity index (χ0) is 21.6. The molecule has 0 radical (unpaired) electrons. The number of hydrogen-bond donors (Lipinski definition) is 1. The van der Waals surface area contributed by atoms with E-state index >= 15 is 0 Å². The second-order valence-corrected chi connectivity index (χ2v) is 11.2. The third kappa shape index (κ3) is 3.81. The van der Waals surface area contributed by atoms with Gasteiger partial charge in [-0.05, 0) is 94.4 Å². The quantitative estimate of drug-likeness (QED) is 0.593. The summed E-state index contributed by atoms with van der Waals surface area (Å²) in [6.45, 7) is 6.59. The van der Waals surface area contributed by atoms with Crippen molar-refractivity contribution in [3.63, 3.8) is 0 Å². The Labute approximate surface area is 187 Å². The van der Waals surface area contributed by atoms with Crippen LogP contribution in [0.15, 0.2) is 35.4 Å². The lowest BCUT2D eigenvalue weighted by Gasteiger charge is -2.37. The number of carbonyl (C=O) groups is 1. The predicted molar refractivity (Wildman–Crippen MR) is 126 cm³/mol. The number of benzene rings is 1. The lowest BCUT2D eigenvalue weighted by molar-refractivity contribution is 0.133. The first-order valence-corrected chi connectivity index (χ1v) is 12.7. The summed E-state index contributed by atoms with van der Waals surface area (Å²) in [5.74, 6) is 3.58. The molecule has 2 amide bonds. The van der Waals surface area contributed by atoms with E-state index in [1.807, 2.05) is 0 Å². The van der Waals surface area contributed by atoms with Crippen LogP contribution in [0.5, 0.6) is 0 Å². The number of nitrogens with zero attached hydrogens (tertiary/aromatic N) is 2. The van der Waals surface area contributed by atoms with Gasteiger partial charge in [-0.2, -0.15) is 5.10 Å². The number of hydrogen-bond acceptors (Lipinski definition) is 2. The number of fused-ring (bicyclic) bond motifs is 2. The van der Waals surface area contributed by atoms with Crippen LogP contribution in [-0.2, 0) is 0 Å². The van der Waals surface area contributed by atoms with E-state index in [9.17, 15) is 4.79 Å². The molecule has 1 N–H and O–H groups in total. The van der Waals surface area contributed by atoms with Crippen molar-refractivity contribution in [1.82, 2.24) is 10.3 Å². The molecule has 4 nitrogen and oxygen atoms in total. The van der Waals surface area contributed by atoms with E-state index in [1.54, 1.807) is 5.01 Å². The van der Waals surface area contributed by atoms with Crippen molar-refractivity contribution < 1.29 is 4.79 Å². The Morgan fingerprint density at radius 1 is 1.06 bits per heavy atom. The first kappa shape index (κ1) is 21.0. The maximum atomic E-state index is 13.6. The largest absolute Gasteiger partial charge is 0.338 e. The summed E-state index contributed by atoms with van der Waals surface area (Å²) >= 11 is 0. The zero-order valence-electron chi connectivity index (χ0n) is 19.5. The molecular formula is C27H39N3O. The normalized spacial score (nSPS) is 35.7. The minimum Gasteiger partial charge on any atom is -0.333 e. The zero-order valence-corrected chi connectivity index (χ0v) is 19.5. The molecule has 3 saturated carbocycles. The highest BCUT2D eigenvalue weighted by atomic mass is 16.2. The van der Waals surface area contributed by atoms with Crippen molar-refractivity contribution in [3.05, 3.63) is 35.9 Å². The Hall–Kier alpha value is -1.84. The number of nitrogens with one attached hydrogen (secondary N) is 1. The molecule has 6 atom stereocenters. The number of hydrazone groups is 1. The first-order valence-electron chi connectivity index (χ1n) is 12.7. The summed E-state index contributed by atoms with van der Waals surface area (Å²) in [6, 6.07) is 11.0. The second-order valence-electron chi connectivity index (χ2n) is 11.2. The van der Waals surface area contributed by atoms with Crippen molar-refractivity contribution in [3.8, 4) is 0 Å². The smallest absolute Gasteiger partial charge is 0.333 e. The van der Waals surface area contributed by atoms with Crippen molar-refractivity contribution in [2.24, 2.45) is 28.8 Å². The SMILES string of the molecule is CCCCC1=NN(C(=O)NC2CCC3CC4CC3CC2C4)C(C)(C)C1c1ccccc1. The fourth-order valence-corrected chi connectivity index (χ4v) is 7.40. The molecule has 1 heterocycles. The molecule has 4 aliphatic rings. The van der Waals surface area contributed by atoms with Gasteiger partial charge in [0.1, 0.15) is 0 Å². The molecule has 6 unspecified atom stereocenters. The standard InChI is InChI=1S/C27H39N3O/c1-4-5-11-24-25(19-9-7-6-8-10-19)27(2,3)30(29-24)26(31)28-23-13-12-20-14-18-15-21(20)17-22(23)16-18/h6-10,18,20-23,25H,4-5,11-17H2,1-3H3,(H,28,31). The average molecular weight is 422 g/mol. The lowest BCUT2D eigenvalue weighted by Crippen LogP contribution is -2.53. The summed E-state index contributed by atoms with van der Waals surface area (Å²) in [5.41, 5.74) is 2.06. The van der Waals surface area contributed by atoms with Crippen LogP contribution in [0.1, 0.15) is 90.0 Å². The van der Waals surface area contributed by atoms with Gasteiger partial charge in [0, 0.05) is 17.7 Å². The van der Waals surface area contributed by atoms with Crippen LogP contribution in [0.2, 0.25) is 0 Å². The van der Waals surface area contributed by atoms with Gasteiger partial charge in [-0.1, -0.05) is 43.7 Å². The third-order valence-electron chi connectivity index (χ3n) is 8.83. The van der Waals surface area contributed by atoms with Crippen molar-refractivity contribution in [2.45, 2.75) is 96.1 Å². The van der Waals surface area contributed by atoms with Crippen LogP contribution in [0, 0.1) is 23.7 Å². The number of rotatable bonds is 5. The highest BCUT2D eigenvalue weighted by molar-refractivity contribution is 5.96. The lowest BCUT2D eigenvalue weighted by atomic mass is 9.77. The highest BCUT2D eigenvalue weighted by Crippen LogP contribution is 2.53. The fraction of sp³-hybridized carbons (Fsp3) is 0.704. The van der Waals surface area contributed by atoms with Crippen LogP contribution >= 0.6 is 0 Å². The minimum atomic E-state index is -0.365. The summed E-state index contributed by atoms with van der Waals surface area (Å²) in [7, 11) is 0. The van der Waals surface area contributed by atoms with E-state index in [2.05, 4.69) is 56.4 Å². The Bertz CT molecular complexity index is 832. The minimum absolute atomic E-state index is 0.0140. The molecule has 4 heteroatoms. The molecule has 1 aliphatic heterocycles. The van der Waals surface area contributed by atoms with Crippen LogP contribution in [0.3, 0.4) is 0 Å². The number of amides is 2. The van der Waals surface area contributed by atoms with Crippen molar-refractivity contribution in [2.75, 3.05) is 0 Å². The van der Waals surface area contributed by atoms with E-state index < -0.39 is 0 Å².